The van der Waals surface area contributed by atoms with Gasteiger partial charge in [0.2, 0.25) is 10.0 Å². The number of aryl methyl sites for hydroxylation is 1. The molecule has 8 heteroatoms. The van der Waals surface area contributed by atoms with E-state index in [9.17, 15) is 8.42 Å². The van der Waals surface area contributed by atoms with Gasteiger partial charge in [0, 0.05) is 22.7 Å². The first kappa shape index (κ1) is 19.3. The van der Waals surface area contributed by atoms with Crippen LogP contribution in [0.5, 0.6) is 0 Å². The molecule has 2 aromatic rings. The van der Waals surface area contributed by atoms with Crippen LogP contribution in [-0.4, -0.2) is 26.0 Å². The minimum Gasteiger partial charge on any atom is -0.330 e. The zero-order valence-corrected chi connectivity index (χ0v) is 15.9. The van der Waals surface area contributed by atoms with Gasteiger partial charge in [0.25, 0.3) is 0 Å². The minimum absolute atomic E-state index is 0. The molecule has 3 rings (SSSR count). The van der Waals surface area contributed by atoms with Crippen molar-refractivity contribution in [2.24, 2.45) is 11.7 Å². The van der Waals surface area contributed by atoms with Gasteiger partial charge in [-0.2, -0.15) is 0 Å². The zero-order chi connectivity index (χ0) is 16.4. The largest absolute Gasteiger partial charge is 0.330 e. The van der Waals surface area contributed by atoms with Crippen LogP contribution in [0.1, 0.15) is 25.0 Å². The molecule has 0 bridgehead atoms. The van der Waals surface area contributed by atoms with Gasteiger partial charge < -0.3 is 5.73 Å². The number of nitrogens with two attached hydrogens (primary N) is 1. The molecule has 1 aliphatic carbocycles. The summed E-state index contributed by atoms with van der Waals surface area (Å²) in [5.74, 6) is 0.231. The number of aromatic nitrogens is 1. The molecule has 1 fully saturated rings. The number of hydrogen-bond donors (Lipinski definition) is 2. The second-order valence-corrected chi connectivity index (χ2v) is 8.55. The fraction of sp³-hybridized carbons (Fsp3) is 0.438. The maximum atomic E-state index is 12.7. The molecule has 132 valence electrons. The summed E-state index contributed by atoms with van der Waals surface area (Å²) in [5.41, 5.74) is 7.51. The Balaban J connectivity index is 0.00000208. The number of benzene rings is 1. The monoisotopic (exact) mass is 387 g/mol. The highest BCUT2D eigenvalue weighted by Crippen LogP contribution is 2.28. The maximum Gasteiger partial charge on any atom is 0.240 e. The van der Waals surface area contributed by atoms with Crippen molar-refractivity contribution in [2.75, 3.05) is 6.54 Å². The number of hydrogen-bond acceptors (Lipinski definition) is 5. The third kappa shape index (κ3) is 4.15. The topological polar surface area (TPSA) is 85.1 Å². The smallest absolute Gasteiger partial charge is 0.240 e. The van der Waals surface area contributed by atoms with Crippen molar-refractivity contribution in [1.82, 2.24) is 9.71 Å². The molecule has 0 aliphatic heterocycles. The van der Waals surface area contributed by atoms with Gasteiger partial charge in [0.15, 0.2) is 0 Å². The van der Waals surface area contributed by atoms with Crippen molar-refractivity contribution in [1.29, 1.82) is 0 Å². The van der Waals surface area contributed by atoms with Crippen molar-refractivity contribution in [3.05, 3.63) is 35.3 Å². The molecule has 0 saturated heterocycles. The third-order valence-corrected chi connectivity index (χ3v) is 6.78. The summed E-state index contributed by atoms with van der Waals surface area (Å²) in [6.45, 7) is 2.45. The van der Waals surface area contributed by atoms with Gasteiger partial charge in [0.05, 0.1) is 4.90 Å². The average molecular weight is 388 g/mol. The Morgan fingerprint density at radius 2 is 2.17 bits per heavy atom. The molecule has 1 aliphatic rings. The second-order valence-electron chi connectivity index (χ2n) is 5.98. The van der Waals surface area contributed by atoms with Crippen LogP contribution >= 0.6 is 23.7 Å². The van der Waals surface area contributed by atoms with E-state index in [0.29, 0.717) is 6.54 Å². The molecule has 2 atom stereocenters. The van der Waals surface area contributed by atoms with Crippen LogP contribution in [-0.2, 0) is 10.0 Å². The van der Waals surface area contributed by atoms with Crippen LogP contribution < -0.4 is 10.5 Å². The van der Waals surface area contributed by atoms with Crippen LogP contribution in [0.25, 0.3) is 10.6 Å². The highest BCUT2D eigenvalue weighted by molar-refractivity contribution is 7.89. The molecule has 24 heavy (non-hydrogen) atoms. The molecule has 1 saturated carbocycles. The molecule has 1 heterocycles. The van der Waals surface area contributed by atoms with Crippen molar-refractivity contribution < 1.29 is 8.42 Å². The molecule has 0 amide bonds. The average Bonchev–Trinajstić information content (AvgIpc) is 3.15. The molecule has 1 aromatic carbocycles. The number of thiazole rings is 1. The Hall–Kier alpha value is -0.990. The summed E-state index contributed by atoms with van der Waals surface area (Å²) in [4.78, 5) is 4.70. The third-order valence-electron chi connectivity index (χ3n) is 4.28. The summed E-state index contributed by atoms with van der Waals surface area (Å²) in [7, 11) is -3.54. The molecular formula is C16H22ClN3O2S2. The molecular weight excluding hydrogens is 366 g/mol. The van der Waals surface area contributed by atoms with Gasteiger partial charge >= 0.3 is 0 Å². The highest BCUT2D eigenvalue weighted by Gasteiger charge is 2.30. The van der Waals surface area contributed by atoms with E-state index in [2.05, 4.69) is 9.71 Å². The SMILES string of the molecule is Cc1csc(-c2cccc(S(=O)(=O)NC3CCCC3CN)c2)n1.Cl. The fourth-order valence-electron chi connectivity index (χ4n) is 3.02. The first-order valence-electron chi connectivity index (χ1n) is 7.74. The number of halogens is 1. The van der Waals surface area contributed by atoms with E-state index in [1.54, 1.807) is 18.2 Å². The van der Waals surface area contributed by atoms with E-state index in [1.165, 1.54) is 11.3 Å². The Morgan fingerprint density at radius 3 is 2.83 bits per heavy atom. The van der Waals surface area contributed by atoms with E-state index in [4.69, 9.17) is 5.73 Å². The van der Waals surface area contributed by atoms with E-state index >= 15 is 0 Å². The first-order valence-corrected chi connectivity index (χ1v) is 10.1. The van der Waals surface area contributed by atoms with Crippen LogP contribution in [0.4, 0.5) is 0 Å². The van der Waals surface area contributed by atoms with Gasteiger partial charge in [-0.15, -0.1) is 23.7 Å². The van der Waals surface area contributed by atoms with Gasteiger partial charge in [-0.3, -0.25) is 0 Å². The number of sulfonamides is 1. The molecule has 0 spiro atoms. The van der Waals surface area contributed by atoms with E-state index in [1.807, 2.05) is 18.4 Å². The summed E-state index contributed by atoms with van der Waals surface area (Å²) >= 11 is 1.52. The van der Waals surface area contributed by atoms with Crippen LogP contribution in [0.15, 0.2) is 34.5 Å². The van der Waals surface area contributed by atoms with Gasteiger partial charge in [-0.25, -0.2) is 18.1 Å². The number of rotatable bonds is 5. The lowest BCUT2D eigenvalue weighted by Gasteiger charge is -2.19. The van der Waals surface area contributed by atoms with Crippen molar-refractivity contribution in [3.63, 3.8) is 0 Å². The van der Waals surface area contributed by atoms with E-state index < -0.39 is 10.0 Å². The minimum atomic E-state index is -3.54. The Kier molecular flexibility index (Phi) is 6.39. The van der Waals surface area contributed by atoms with Gasteiger partial charge in [-0.05, 0) is 44.4 Å². The molecule has 0 radical (unpaired) electrons. The van der Waals surface area contributed by atoms with Crippen molar-refractivity contribution in [3.8, 4) is 10.6 Å². The highest BCUT2D eigenvalue weighted by atomic mass is 35.5. The van der Waals surface area contributed by atoms with Gasteiger partial charge in [0.1, 0.15) is 5.01 Å². The van der Waals surface area contributed by atoms with Crippen LogP contribution in [0, 0.1) is 12.8 Å². The lowest BCUT2D eigenvalue weighted by molar-refractivity contribution is 0.453. The lowest BCUT2D eigenvalue weighted by atomic mass is 10.1. The molecule has 5 nitrogen and oxygen atoms in total. The van der Waals surface area contributed by atoms with E-state index in [-0.39, 0.29) is 29.3 Å². The normalized spacial score (nSPS) is 20.8. The first-order chi connectivity index (χ1) is 11.0. The standard InChI is InChI=1S/C16H21N3O2S2.ClH/c1-11-10-22-16(18-11)12-4-2-6-14(8-12)23(20,21)19-15-7-3-5-13(15)9-17;/h2,4,6,8,10,13,15,19H,3,5,7,9,17H2,1H3;1H. The van der Waals surface area contributed by atoms with Crippen LogP contribution in [0.3, 0.4) is 0 Å². The predicted octanol–water partition coefficient (Wildman–Crippen LogP) is 2.95. The summed E-state index contributed by atoms with van der Waals surface area (Å²) in [6, 6.07) is 6.90. The lowest BCUT2D eigenvalue weighted by Crippen LogP contribution is -2.39. The Labute approximate surface area is 153 Å². The van der Waals surface area contributed by atoms with Crippen molar-refractivity contribution in [2.45, 2.75) is 37.1 Å². The molecule has 3 N–H and O–H groups in total. The Morgan fingerprint density at radius 1 is 1.38 bits per heavy atom. The zero-order valence-electron chi connectivity index (χ0n) is 13.4. The molecule has 2 unspecified atom stereocenters. The summed E-state index contributed by atoms with van der Waals surface area (Å²) in [5, 5.41) is 2.79. The summed E-state index contributed by atoms with van der Waals surface area (Å²) in [6.07, 6.45) is 2.86. The van der Waals surface area contributed by atoms with Gasteiger partial charge in [-0.1, -0.05) is 18.6 Å². The van der Waals surface area contributed by atoms with Crippen molar-refractivity contribution >= 4 is 33.8 Å². The Bertz CT molecular complexity index is 792. The quantitative estimate of drug-likeness (QED) is 0.825. The number of nitrogens with zero attached hydrogens (tertiary/aromatic N) is 1. The predicted molar refractivity (Wildman–Crippen MR) is 100 cm³/mol. The molecule has 1 aromatic heterocycles. The fourth-order valence-corrected chi connectivity index (χ4v) is 5.20. The van der Waals surface area contributed by atoms with E-state index in [0.717, 1.165) is 35.5 Å². The van der Waals surface area contributed by atoms with Crippen LogP contribution in [0.2, 0.25) is 0 Å². The maximum absolute atomic E-state index is 12.7. The summed E-state index contributed by atoms with van der Waals surface area (Å²) < 4.78 is 28.2. The number of nitrogens with one attached hydrogen (secondary N) is 1. The second kappa shape index (κ2) is 7.93.